The van der Waals surface area contributed by atoms with E-state index in [1.165, 1.54) is 27.8 Å². The summed E-state index contributed by atoms with van der Waals surface area (Å²) in [7, 11) is 0. The third-order valence-corrected chi connectivity index (χ3v) is 6.37. The van der Waals surface area contributed by atoms with E-state index in [0.717, 1.165) is 33.8 Å². The molecule has 1 aromatic carbocycles. The molecule has 3 aromatic rings. The molecule has 4 rings (SSSR count). The number of hydrogen-bond acceptors (Lipinski definition) is 4. The third kappa shape index (κ3) is 2.65. The Morgan fingerprint density at radius 3 is 2.88 bits per heavy atom. The maximum absolute atomic E-state index is 13.1. The smallest absolute Gasteiger partial charge is 0.262 e. The zero-order chi connectivity index (χ0) is 18.4. The molecule has 0 spiro atoms. The first-order chi connectivity index (χ1) is 12.5. The van der Waals surface area contributed by atoms with Crippen molar-refractivity contribution in [1.29, 1.82) is 0 Å². The van der Waals surface area contributed by atoms with Crippen molar-refractivity contribution in [1.82, 2.24) is 9.55 Å². The lowest BCUT2D eigenvalue weighted by Gasteiger charge is -2.35. The fourth-order valence-corrected chi connectivity index (χ4v) is 4.66. The fraction of sp³-hybridized carbons (Fsp3) is 0.350. The highest BCUT2D eigenvalue weighted by molar-refractivity contribution is 7.18. The molecule has 0 bridgehead atoms. The number of carbonyl (C=O) groups is 1. The van der Waals surface area contributed by atoms with Gasteiger partial charge in [0.05, 0.1) is 11.7 Å². The van der Waals surface area contributed by atoms with Crippen LogP contribution in [0.15, 0.2) is 35.4 Å². The second-order valence-electron chi connectivity index (χ2n) is 6.92. The average molecular weight is 367 g/mol. The summed E-state index contributed by atoms with van der Waals surface area (Å²) in [5, 5.41) is 0.634. The Bertz CT molecular complexity index is 1070. The quantitative estimate of drug-likeness (QED) is 0.697. The van der Waals surface area contributed by atoms with Crippen molar-refractivity contribution in [2.45, 2.75) is 46.2 Å². The van der Waals surface area contributed by atoms with Crippen LogP contribution in [0.3, 0.4) is 0 Å². The Morgan fingerprint density at radius 2 is 2.08 bits per heavy atom. The maximum Gasteiger partial charge on any atom is 0.262 e. The van der Waals surface area contributed by atoms with Crippen molar-refractivity contribution in [2.24, 2.45) is 0 Å². The first-order valence-corrected chi connectivity index (χ1v) is 9.64. The van der Waals surface area contributed by atoms with Crippen LogP contribution in [-0.4, -0.2) is 21.5 Å². The molecule has 0 aliphatic carbocycles. The number of para-hydroxylation sites is 1. The minimum absolute atomic E-state index is 0.00871. The van der Waals surface area contributed by atoms with Crippen LogP contribution in [0.4, 0.5) is 5.69 Å². The standard InChI is InChI=1S/C20H21N3O2S/c1-12-8-9-15-6-4-5-7-16(15)23(12)17(24)10-22-11-21-19-18(20(22)25)13(2)14(3)26-19/h4-7,11-12H,8-10H2,1-3H3/t12-/m0/s1. The number of rotatable bonds is 2. The van der Waals surface area contributed by atoms with Gasteiger partial charge in [0.2, 0.25) is 5.91 Å². The SMILES string of the molecule is Cc1sc2ncn(CC(=O)N3c4ccccc4CC[C@@H]3C)c(=O)c2c1C. The number of carbonyl (C=O) groups excluding carboxylic acids is 1. The highest BCUT2D eigenvalue weighted by atomic mass is 32.1. The third-order valence-electron chi connectivity index (χ3n) is 5.25. The predicted molar refractivity (Wildman–Crippen MR) is 105 cm³/mol. The highest BCUT2D eigenvalue weighted by Gasteiger charge is 2.28. The van der Waals surface area contributed by atoms with Gasteiger partial charge in [-0.3, -0.25) is 14.2 Å². The van der Waals surface area contributed by atoms with E-state index in [-0.39, 0.29) is 24.1 Å². The molecule has 0 radical (unpaired) electrons. The molecule has 0 saturated heterocycles. The van der Waals surface area contributed by atoms with Crippen molar-refractivity contribution in [3.63, 3.8) is 0 Å². The van der Waals surface area contributed by atoms with E-state index in [1.807, 2.05) is 36.9 Å². The number of anilines is 1. The Kier molecular flexibility index (Phi) is 4.15. The Balaban J connectivity index is 1.71. The molecule has 0 unspecified atom stereocenters. The average Bonchev–Trinajstić information content (AvgIpc) is 2.92. The number of benzene rings is 1. The van der Waals surface area contributed by atoms with Crippen LogP contribution in [0.5, 0.6) is 0 Å². The number of aromatic nitrogens is 2. The molecular weight excluding hydrogens is 346 g/mol. The van der Waals surface area contributed by atoms with Crippen LogP contribution in [0.2, 0.25) is 0 Å². The van der Waals surface area contributed by atoms with Crippen molar-refractivity contribution in [3.8, 4) is 0 Å². The number of fused-ring (bicyclic) bond motifs is 2. The molecule has 26 heavy (non-hydrogen) atoms. The van der Waals surface area contributed by atoms with Gasteiger partial charge in [0, 0.05) is 16.6 Å². The molecule has 1 amide bonds. The Hall–Kier alpha value is -2.47. The second-order valence-corrected chi connectivity index (χ2v) is 8.12. The Labute approximate surface area is 155 Å². The summed E-state index contributed by atoms with van der Waals surface area (Å²) in [4.78, 5) is 34.0. The van der Waals surface area contributed by atoms with Gasteiger partial charge in [-0.2, -0.15) is 0 Å². The van der Waals surface area contributed by atoms with Gasteiger partial charge in [-0.1, -0.05) is 18.2 Å². The molecule has 0 N–H and O–H groups in total. The number of hydrogen-bond donors (Lipinski definition) is 0. The van der Waals surface area contributed by atoms with Gasteiger partial charge < -0.3 is 4.90 Å². The molecule has 0 fully saturated rings. The normalized spacial score (nSPS) is 16.7. The number of amides is 1. The maximum atomic E-state index is 13.1. The number of thiophene rings is 1. The minimum atomic E-state index is -0.136. The monoisotopic (exact) mass is 367 g/mol. The van der Waals surface area contributed by atoms with E-state index in [9.17, 15) is 9.59 Å². The topological polar surface area (TPSA) is 55.2 Å². The molecule has 134 valence electrons. The van der Waals surface area contributed by atoms with E-state index < -0.39 is 0 Å². The van der Waals surface area contributed by atoms with Gasteiger partial charge >= 0.3 is 0 Å². The summed E-state index contributed by atoms with van der Waals surface area (Å²) in [6, 6.07) is 8.13. The van der Waals surface area contributed by atoms with E-state index in [1.54, 1.807) is 0 Å². The summed E-state index contributed by atoms with van der Waals surface area (Å²) < 4.78 is 1.44. The molecule has 1 atom stereocenters. The van der Waals surface area contributed by atoms with Crippen LogP contribution in [0.1, 0.15) is 29.3 Å². The van der Waals surface area contributed by atoms with Gasteiger partial charge in [0.1, 0.15) is 11.4 Å². The molecule has 1 aliphatic heterocycles. The molecule has 1 aliphatic rings. The van der Waals surface area contributed by atoms with E-state index in [4.69, 9.17) is 0 Å². The van der Waals surface area contributed by atoms with Crippen molar-refractivity contribution < 1.29 is 4.79 Å². The summed E-state index contributed by atoms with van der Waals surface area (Å²) in [6.45, 7) is 5.99. The van der Waals surface area contributed by atoms with Crippen LogP contribution < -0.4 is 10.5 Å². The van der Waals surface area contributed by atoms with Crippen molar-refractivity contribution >= 4 is 33.1 Å². The number of nitrogens with zero attached hydrogens (tertiary/aromatic N) is 3. The molecule has 5 nitrogen and oxygen atoms in total. The van der Waals surface area contributed by atoms with E-state index >= 15 is 0 Å². The summed E-state index contributed by atoms with van der Waals surface area (Å²) in [5.41, 5.74) is 2.97. The van der Waals surface area contributed by atoms with Crippen LogP contribution in [0.25, 0.3) is 10.2 Å². The molecular formula is C20H21N3O2S. The molecule has 3 heterocycles. The summed E-state index contributed by atoms with van der Waals surface area (Å²) >= 11 is 1.52. The zero-order valence-electron chi connectivity index (χ0n) is 15.2. The molecule has 2 aromatic heterocycles. The van der Waals surface area contributed by atoms with Crippen molar-refractivity contribution in [2.75, 3.05) is 4.90 Å². The van der Waals surface area contributed by atoms with Gasteiger partial charge in [0.15, 0.2) is 0 Å². The lowest BCUT2D eigenvalue weighted by molar-refractivity contribution is -0.119. The van der Waals surface area contributed by atoms with E-state index in [0.29, 0.717) is 5.39 Å². The first-order valence-electron chi connectivity index (χ1n) is 8.82. The van der Waals surface area contributed by atoms with Crippen molar-refractivity contribution in [3.05, 3.63) is 57.0 Å². The molecule has 6 heteroatoms. The van der Waals surface area contributed by atoms with Gasteiger partial charge in [-0.25, -0.2) is 4.98 Å². The zero-order valence-corrected chi connectivity index (χ0v) is 16.0. The van der Waals surface area contributed by atoms with Gasteiger partial charge in [-0.15, -0.1) is 11.3 Å². The van der Waals surface area contributed by atoms with Crippen LogP contribution >= 0.6 is 11.3 Å². The summed E-state index contributed by atoms with van der Waals surface area (Å²) in [5.74, 6) is -0.0718. The lowest BCUT2D eigenvalue weighted by atomic mass is 9.96. The predicted octanol–water partition coefficient (Wildman–Crippen LogP) is 3.44. The largest absolute Gasteiger partial charge is 0.308 e. The lowest BCUT2D eigenvalue weighted by Crippen LogP contribution is -2.44. The second kappa shape index (κ2) is 6.36. The number of aryl methyl sites for hydroxylation is 3. The minimum Gasteiger partial charge on any atom is -0.308 e. The van der Waals surface area contributed by atoms with Gasteiger partial charge in [-0.05, 0) is 50.8 Å². The van der Waals surface area contributed by atoms with Crippen LogP contribution in [0, 0.1) is 13.8 Å². The first kappa shape index (κ1) is 17.0. The Morgan fingerprint density at radius 1 is 1.31 bits per heavy atom. The van der Waals surface area contributed by atoms with Crippen LogP contribution in [-0.2, 0) is 17.8 Å². The fourth-order valence-electron chi connectivity index (χ4n) is 3.67. The molecule has 0 saturated carbocycles. The highest BCUT2D eigenvalue weighted by Crippen LogP contribution is 2.31. The van der Waals surface area contributed by atoms with Gasteiger partial charge in [0.25, 0.3) is 5.56 Å². The van der Waals surface area contributed by atoms with E-state index in [2.05, 4.69) is 18.0 Å². The summed E-state index contributed by atoms with van der Waals surface area (Å²) in [6.07, 6.45) is 3.40.